The lowest BCUT2D eigenvalue weighted by Crippen LogP contribution is -2.37. The van der Waals surface area contributed by atoms with E-state index < -0.39 is 10.0 Å². The zero-order valence-electron chi connectivity index (χ0n) is 12.2. The van der Waals surface area contributed by atoms with Crippen LogP contribution in [0.5, 0.6) is 5.75 Å². The molecule has 5 nitrogen and oxygen atoms in total. The molecule has 4 aliphatic carbocycles. The van der Waals surface area contributed by atoms with Crippen molar-refractivity contribution in [2.75, 3.05) is 7.11 Å². The molecular formula is C16H18N2O3S. The number of hydrogen-bond donors (Lipinski definition) is 2. The summed E-state index contributed by atoms with van der Waals surface area (Å²) in [6.07, 6.45) is 3.98. The van der Waals surface area contributed by atoms with Crippen LogP contribution >= 0.6 is 0 Å². The van der Waals surface area contributed by atoms with Crippen LogP contribution in [0.4, 0.5) is 0 Å². The highest BCUT2D eigenvalue weighted by Crippen LogP contribution is 2.70. The third kappa shape index (κ3) is 1.54. The minimum atomic E-state index is -3.53. The molecule has 0 saturated heterocycles. The van der Waals surface area contributed by atoms with E-state index in [1.807, 2.05) is 12.1 Å². The molecule has 6 heteroatoms. The van der Waals surface area contributed by atoms with Gasteiger partial charge in [0.1, 0.15) is 10.6 Å². The Morgan fingerprint density at radius 2 is 2.05 bits per heavy atom. The van der Waals surface area contributed by atoms with Crippen LogP contribution in [0.3, 0.4) is 0 Å². The number of H-pyrrole nitrogens is 1. The Hall–Kier alpha value is -1.53. The van der Waals surface area contributed by atoms with Crippen LogP contribution in [0.15, 0.2) is 29.3 Å². The van der Waals surface area contributed by atoms with Crippen molar-refractivity contribution in [3.63, 3.8) is 0 Å². The van der Waals surface area contributed by atoms with Gasteiger partial charge in [-0.25, -0.2) is 13.1 Å². The monoisotopic (exact) mass is 318 g/mol. The smallest absolute Gasteiger partial charge is 0.243 e. The molecule has 4 aliphatic rings. The number of rotatable bonds is 4. The number of benzene rings is 1. The summed E-state index contributed by atoms with van der Waals surface area (Å²) < 4.78 is 34.1. The number of nitrogens with one attached hydrogen (secondary N) is 2. The van der Waals surface area contributed by atoms with Gasteiger partial charge in [-0.05, 0) is 48.6 Å². The highest BCUT2D eigenvalue weighted by atomic mass is 32.2. The second-order valence-electron chi connectivity index (χ2n) is 6.82. The van der Waals surface area contributed by atoms with E-state index in [2.05, 4.69) is 9.71 Å². The zero-order valence-corrected chi connectivity index (χ0v) is 13.1. The van der Waals surface area contributed by atoms with Crippen molar-refractivity contribution in [1.82, 2.24) is 9.71 Å². The number of aromatic amines is 1. The zero-order chi connectivity index (χ0) is 15.1. The first kappa shape index (κ1) is 13.0. The van der Waals surface area contributed by atoms with Crippen molar-refractivity contribution in [2.45, 2.75) is 23.8 Å². The summed E-state index contributed by atoms with van der Waals surface area (Å²) in [5.41, 5.74) is 0.778. The van der Waals surface area contributed by atoms with Gasteiger partial charge in [0.05, 0.1) is 18.0 Å². The van der Waals surface area contributed by atoms with Crippen molar-refractivity contribution in [2.24, 2.45) is 23.7 Å². The molecule has 0 radical (unpaired) electrons. The molecule has 4 bridgehead atoms. The molecule has 3 unspecified atom stereocenters. The first-order valence-corrected chi connectivity index (χ1v) is 9.25. The molecular weight excluding hydrogens is 300 g/mol. The van der Waals surface area contributed by atoms with Crippen molar-refractivity contribution in [3.8, 4) is 5.75 Å². The Kier molecular flexibility index (Phi) is 2.39. The van der Waals surface area contributed by atoms with Crippen LogP contribution < -0.4 is 9.46 Å². The summed E-state index contributed by atoms with van der Waals surface area (Å²) in [6, 6.07) is 5.64. The average molecular weight is 318 g/mol. The van der Waals surface area contributed by atoms with E-state index in [9.17, 15) is 8.42 Å². The molecule has 2 N–H and O–H groups in total. The van der Waals surface area contributed by atoms with Crippen molar-refractivity contribution < 1.29 is 13.2 Å². The average Bonchev–Trinajstić information content (AvgIpc) is 2.98. The minimum absolute atomic E-state index is 0.139. The quantitative estimate of drug-likeness (QED) is 0.907. The third-order valence-corrected chi connectivity index (χ3v) is 7.39. The second-order valence-corrected chi connectivity index (χ2v) is 8.50. The maximum atomic E-state index is 12.9. The van der Waals surface area contributed by atoms with Gasteiger partial charge in [0.25, 0.3) is 0 Å². The van der Waals surface area contributed by atoms with Crippen LogP contribution in [-0.2, 0) is 10.0 Å². The molecule has 0 spiro atoms. The number of aromatic nitrogens is 1. The van der Waals surface area contributed by atoms with Gasteiger partial charge in [0.2, 0.25) is 10.0 Å². The van der Waals surface area contributed by atoms with Gasteiger partial charge in [-0.3, -0.25) is 0 Å². The third-order valence-electron chi connectivity index (χ3n) is 5.90. The van der Waals surface area contributed by atoms with Gasteiger partial charge in [-0.1, -0.05) is 6.07 Å². The number of hydrogen-bond acceptors (Lipinski definition) is 3. The lowest BCUT2D eigenvalue weighted by molar-refractivity contribution is 0.419. The summed E-state index contributed by atoms with van der Waals surface area (Å²) in [7, 11) is -1.97. The molecule has 6 rings (SSSR count). The van der Waals surface area contributed by atoms with E-state index in [0.717, 1.165) is 17.4 Å². The van der Waals surface area contributed by atoms with E-state index in [-0.39, 0.29) is 6.04 Å². The number of fused-ring (bicyclic) bond motifs is 1. The molecule has 2 aromatic rings. The SMILES string of the molecule is COc1cccc2[nH]cc(S(=O)(=O)NC3C4CC5C(C4)C53)c12. The lowest BCUT2D eigenvalue weighted by atomic mass is 10.1. The summed E-state index contributed by atoms with van der Waals surface area (Å²) in [6.45, 7) is 0. The molecule has 1 aromatic heterocycles. The first-order chi connectivity index (χ1) is 10.6. The normalized spacial score (nSPS) is 35.2. The minimum Gasteiger partial charge on any atom is -0.496 e. The van der Waals surface area contributed by atoms with Gasteiger partial charge in [0.15, 0.2) is 0 Å². The predicted molar refractivity (Wildman–Crippen MR) is 82.2 cm³/mol. The Labute approximate surface area is 129 Å². The van der Waals surface area contributed by atoms with Crippen LogP contribution in [-0.4, -0.2) is 26.6 Å². The van der Waals surface area contributed by atoms with Gasteiger partial charge < -0.3 is 9.72 Å². The summed E-state index contributed by atoms with van der Waals surface area (Å²) in [5.74, 6) is 3.29. The molecule has 0 amide bonds. The van der Waals surface area contributed by atoms with Gasteiger partial charge in [0, 0.05) is 12.2 Å². The lowest BCUT2D eigenvalue weighted by Gasteiger charge is -2.17. The molecule has 3 atom stereocenters. The fourth-order valence-electron chi connectivity index (χ4n) is 4.99. The van der Waals surface area contributed by atoms with Crippen molar-refractivity contribution in [1.29, 1.82) is 0 Å². The molecule has 1 heterocycles. The first-order valence-electron chi connectivity index (χ1n) is 7.76. The highest BCUT2D eigenvalue weighted by molar-refractivity contribution is 7.89. The Bertz CT molecular complexity index is 859. The molecule has 4 saturated carbocycles. The summed E-state index contributed by atoms with van der Waals surface area (Å²) in [5, 5.41) is 0.634. The highest BCUT2D eigenvalue weighted by Gasteiger charge is 2.68. The number of methoxy groups -OCH3 is 1. The van der Waals surface area contributed by atoms with E-state index in [1.165, 1.54) is 12.8 Å². The number of sulfonamides is 1. The van der Waals surface area contributed by atoms with Gasteiger partial charge in [-0.15, -0.1) is 0 Å². The second kappa shape index (κ2) is 4.06. The summed E-state index contributed by atoms with van der Waals surface area (Å²) in [4.78, 5) is 3.33. The Morgan fingerprint density at radius 1 is 1.27 bits per heavy atom. The maximum absolute atomic E-state index is 12.9. The fourth-order valence-corrected chi connectivity index (χ4v) is 6.52. The molecule has 1 aromatic carbocycles. The molecule has 4 fully saturated rings. The van der Waals surface area contributed by atoms with E-state index in [1.54, 1.807) is 19.4 Å². The molecule has 116 valence electrons. The maximum Gasteiger partial charge on any atom is 0.243 e. The van der Waals surface area contributed by atoms with Gasteiger partial charge in [-0.2, -0.15) is 0 Å². The van der Waals surface area contributed by atoms with Crippen LogP contribution in [0.2, 0.25) is 0 Å². The van der Waals surface area contributed by atoms with Crippen LogP contribution in [0.1, 0.15) is 12.8 Å². The van der Waals surface area contributed by atoms with Crippen molar-refractivity contribution >= 4 is 20.9 Å². The fraction of sp³-hybridized carbons (Fsp3) is 0.500. The van der Waals surface area contributed by atoms with E-state index in [0.29, 0.717) is 27.9 Å². The Balaban J connectivity index is 1.56. The predicted octanol–water partition coefficient (Wildman–Crippen LogP) is 2.11. The van der Waals surface area contributed by atoms with E-state index >= 15 is 0 Å². The molecule has 0 aliphatic heterocycles. The van der Waals surface area contributed by atoms with Crippen LogP contribution in [0.25, 0.3) is 10.9 Å². The number of ether oxygens (including phenoxy) is 1. The standard InChI is InChI=1S/C16H18N2O3S/c1-21-12-4-2-3-11-15(12)13(7-17-11)22(19,20)18-16-8-5-9-10(6-8)14(9)16/h2-4,7-10,14,16-18H,5-6H2,1H3. The largest absolute Gasteiger partial charge is 0.496 e. The molecule has 22 heavy (non-hydrogen) atoms. The van der Waals surface area contributed by atoms with Gasteiger partial charge >= 0.3 is 0 Å². The van der Waals surface area contributed by atoms with E-state index in [4.69, 9.17) is 4.74 Å². The Morgan fingerprint density at radius 3 is 2.68 bits per heavy atom. The topological polar surface area (TPSA) is 71.2 Å². The summed E-state index contributed by atoms with van der Waals surface area (Å²) >= 11 is 0. The van der Waals surface area contributed by atoms with Crippen molar-refractivity contribution in [3.05, 3.63) is 24.4 Å². The van der Waals surface area contributed by atoms with Crippen LogP contribution in [0, 0.1) is 23.7 Å².